The summed E-state index contributed by atoms with van der Waals surface area (Å²) in [5.74, 6) is 4.29. The second-order valence-corrected chi connectivity index (χ2v) is 6.78. The van der Waals surface area contributed by atoms with Crippen LogP contribution >= 0.6 is 11.8 Å². The average Bonchev–Trinajstić information content (AvgIpc) is 3.16. The number of rotatable bonds is 2. The zero-order chi connectivity index (χ0) is 12.7. The minimum Gasteiger partial charge on any atom is -0.384 e. The predicted molar refractivity (Wildman–Crippen MR) is 77.1 cm³/mol. The van der Waals surface area contributed by atoms with Crippen molar-refractivity contribution < 1.29 is 0 Å². The zero-order valence-corrected chi connectivity index (χ0v) is 11.8. The van der Waals surface area contributed by atoms with Gasteiger partial charge in [0.25, 0.3) is 0 Å². The van der Waals surface area contributed by atoms with Gasteiger partial charge in [-0.2, -0.15) is 11.8 Å². The molecule has 18 heavy (non-hydrogen) atoms. The minimum atomic E-state index is 0.505. The van der Waals surface area contributed by atoms with E-state index in [1.165, 1.54) is 12.8 Å². The quantitative estimate of drug-likeness (QED) is 0.888. The molecule has 98 valence electrons. The molecule has 0 bridgehead atoms. The molecule has 1 aromatic heterocycles. The molecule has 2 unspecified atom stereocenters. The molecule has 0 radical (unpaired) electrons. The predicted octanol–water partition coefficient (Wildman–Crippen LogP) is 2.27. The van der Waals surface area contributed by atoms with Crippen LogP contribution in [0.2, 0.25) is 0 Å². The Balaban J connectivity index is 1.90. The average molecular weight is 264 g/mol. The van der Waals surface area contributed by atoms with Gasteiger partial charge in [0.2, 0.25) is 0 Å². The van der Waals surface area contributed by atoms with E-state index < -0.39 is 0 Å². The Morgan fingerprint density at radius 3 is 2.83 bits per heavy atom. The third kappa shape index (κ3) is 2.28. The molecule has 2 N–H and O–H groups in total. The number of hydrogen-bond donors (Lipinski definition) is 1. The number of hydrogen-bond acceptors (Lipinski definition) is 5. The van der Waals surface area contributed by atoms with Crippen LogP contribution in [0.3, 0.4) is 0 Å². The van der Waals surface area contributed by atoms with Crippen molar-refractivity contribution in [2.75, 3.05) is 22.9 Å². The number of thioether (sulfide) groups is 1. The van der Waals surface area contributed by atoms with E-state index in [0.717, 1.165) is 23.9 Å². The number of anilines is 2. The molecule has 0 amide bonds. The second kappa shape index (κ2) is 4.61. The van der Waals surface area contributed by atoms with Crippen molar-refractivity contribution in [1.82, 2.24) is 9.97 Å². The summed E-state index contributed by atoms with van der Waals surface area (Å²) in [6.07, 6.45) is 2.43. The van der Waals surface area contributed by atoms with Crippen molar-refractivity contribution in [1.29, 1.82) is 0 Å². The summed E-state index contributed by atoms with van der Waals surface area (Å²) in [5.41, 5.74) is 5.93. The maximum absolute atomic E-state index is 5.93. The van der Waals surface area contributed by atoms with Gasteiger partial charge < -0.3 is 10.6 Å². The molecule has 1 aromatic rings. The van der Waals surface area contributed by atoms with E-state index in [1.807, 2.05) is 17.8 Å². The van der Waals surface area contributed by atoms with Crippen molar-refractivity contribution in [3.63, 3.8) is 0 Å². The van der Waals surface area contributed by atoms with Crippen LogP contribution in [0.5, 0.6) is 0 Å². The molecule has 2 aliphatic rings. The van der Waals surface area contributed by atoms with Gasteiger partial charge in [-0.3, -0.25) is 0 Å². The van der Waals surface area contributed by atoms with Crippen LogP contribution in [0.4, 0.5) is 11.6 Å². The van der Waals surface area contributed by atoms with Crippen LogP contribution in [-0.4, -0.2) is 33.6 Å². The molecule has 0 aromatic carbocycles. The van der Waals surface area contributed by atoms with E-state index in [9.17, 15) is 0 Å². The maximum atomic E-state index is 5.93. The van der Waals surface area contributed by atoms with Gasteiger partial charge in [-0.25, -0.2) is 9.97 Å². The van der Waals surface area contributed by atoms with Crippen molar-refractivity contribution in [3.8, 4) is 0 Å². The largest absolute Gasteiger partial charge is 0.384 e. The van der Waals surface area contributed by atoms with Gasteiger partial charge in [0.15, 0.2) is 0 Å². The van der Waals surface area contributed by atoms with Crippen LogP contribution < -0.4 is 10.6 Å². The fourth-order valence-corrected chi connectivity index (χ4v) is 3.50. The molecular formula is C13H20N4S. The van der Waals surface area contributed by atoms with Crippen LogP contribution in [0.1, 0.15) is 38.4 Å². The van der Waals surface area contributed by atoms with Crippen LogP contribution in [0.15, 0.2) is 6.07 Å². The van der Waals surface area contributed by atoms with Gasteiger partial charge in [-0.15, -0.1) is 0 Å². The van der Waals surface area contributed by atoms with Gasteiger partial charge in [0, 0.05) is 35.6 Å². The number of nitrogens with zero attached hydrogens (tertiary/aromatic N) is 3. The fraction of sp³-hybridized carbons (Fsp3) is 0.692. The topological polar surface area (TPSA) is 55.0 Å². The molecule has 0 spiro atoms. The van der Waals surface area contributed by atoms with E-state index in [-0.39, 0.29) is 0 Å². The van der Waals surface area contributed by atoms with E-state index in [2.05, 4.69) is 23.7 Å². The third-order valence-electron chi connectivity index (χ3n) is 3.87. The molecule has 3 rings (SSSR count). The maximum Gasteiger partial charge on any atom is 0.136 e. The highest BCUT2D eigenvalue weighted by atomic mass is 32.2. The summed E-state index contributed by atoms with van der Waals surface area (Å²) < 4.78 is 0. The molecule has 1 saturated heterocycles. The Morgan fingerprint density at radius 2 is 2.11 bits per heavy atom. The summed E-state index contributed by atoms with van der Waals surface area (Å²) >= 11 is 2.04. The van der Waals surface area contributed by atoms with Crippen LogP contribution in [0.25, 0.3) is 0 Å². The molecule has 2 fully saturated rings. The Labute approximate surface area is 112 Å². The van der Waals surface area contributed by atoms with Gasteiger partial charge in [0.1, 0.15) is 17.5 Å². The highest BCUT2D eigenvalue weighted by Crippen LogP contribution is 2.39. The van der Waals surface area contributed by atoms with Gasteiger partial charge >= 0.3 is 0 Å². The summed E-state index contributed by atoms with van der Waals surface area (Å²) in [5, 5.41) is 0.638. The van der Waals surface area contributed by atoms with Crippen molar-refractivity contribution >= 4 is 23.4 Å². The lowest BCUT2D eigenvalue weighted by atomic mass is 10.2. The monoisotopic (exact) mass is 264 g/mol. The first kappa shape index (κ1) is 12.1. The first-order valence-corrected chi connectivity index (χ1v) is 7.72. The number of nitrogens with two attached hydrogens (primary N) is 1. The standard InChI is InChI=1S/C13H20N4S/c1-8-9(2)18-6-5-17(8)12-7-11(14)15-13(16-12)10-3-4-10/h7-10H,3-6H2,1-2H3,(H2,14,15,16). The lowest BCUT2D eigenvalue weighted by molar-refractivity contribution is 0.618. The molecule has 2 atom stereocenters. The highest BCUT2D eigenvalue weighted by molar-refractivity contribution is 8.00. The van der Waals surface area contributed by atoms with Crippen molar-refractivity contribution in [2.45, 2.75) is 43.9 Å². The molecule has 1 aliphatic heterocycles. The Bertz CT molecular complexity index is 447. The summed E-state index contributed by atoms with van der Waals surface area (Å²) in [6.45, 7) is 5.61. The van der Waals surface area contributed by atoms with Gasteiger partial charge in [-0.1, -0.05) is 6.92 Å². The smallest absolute Gasteiger partial charge is 0.136 e. The van der Waals surface area contributed by atoms with Crippen molar-refractivity contribution in [3.05, 3.63) is 11.9 Å². The van der Waals surface area contributed by atoms with E-state index >= 15 is 0 Å². The minimum absolute atomic E-state index is 0.505. The first-order valence-electron chi connectivity index (χ1n) is 6.68. The summed E-state index contributed by atoms with van der Waals surface area (Å²) in [4.78, 5) is 11.5. The lowest BCUT2D eigenvalue weighted by Crippen LogP contribution is -2.45. The first-order chi connectivity index (χ1) is 8.65. The molecule has 2 heterocycles. The van der Waals surface area contributed by atoms with Crippen molar-refractivity contribution in [2.24, 2.45) is 0 Å². The zero-order valence-electron chi connectivity index (χ0n) is 11.0. The highest BCUT2D eigenvalue weighted by Gasteiger charge is 2.30. The van der Waals surface area contributed by atoms with Crippen LogP contribution in [0, 0.1) is 0 Å². The van der Waals surface area contributed by atoms with Crippen LogP contribution in [-0.2, 0) is 0 Å². The summed E-state index contributed by atoms with van der Waals surface area (Å²) in [7, 11) is 0. The molecule has 4 nitrogen and oxygen atoms in total. The van der Waals surface area contributed by atoms with E-state index in [1.54, 1.807) is 0 Å². The lowest BCUT2D eigenvalue weighted by Gasteiger charge is -2.38. The van der Waals surface area contributed by atoms with E-state index in [0.29, 0.717) is 23.0 Å². The second-order valence-electron chi connectivity index (χ2n) is 5.29. The molecular weight excluding hydrogens is 244 g/mol. The Morgan fingerprint density at radius 1 is 1.33 bits per heavy atom. The Kier molecular flexibility index (Phi) is 3.09. The van der Waals surface area contributed by atoms with Gasteiger partial charge in [-0.05, 0) is 19.8 Å². The van der Waals surface area contributed by atoms with E-state index in [4.69, 9.17) is 10.7 Å². The molecule has 1 aliphatic carbocycles. The fourth-order valence-electron chi connectivity index (χ4n) is 2.40. The summed E-state index contributed by atoms with van der Waals surface area (Å²) in [6, 6.07) is 2.43. The Hall–Kier alpha value is -0.970. The third-order valence-corrected chi connectivity index (χ3v) is 5.21. The SMILES string of the molecule is CC1SCCN(c2cc(N)nc(C3CC3)n2)C1C. The van der Waals surface area contributed by atoms with Gasteiger partial charge in [0.05, 0.1) is 0 Å². The number of nitrogen functional groups attached to an aromatic ring is 1. The normalized spacial score (nSPS) is 28.4. The molecule has 5 heteroatoms. The molecule has 1 saturated carbocycles. The number of aromatic nitrogens is 2.